The van der Waals surface area contributed by atoms with E-state index in [1.54, 1.807) is 0 Å². The van der Waals surface area contributed by atoms with E-state index in [4.69, 9.17) is 0 Å². The van der Waals surface area contributed by atoms with E-state index in [9.17, 15) is 0 Å². The fourth-order valence-electron chi connectivity index (χ4n) is 2.19. The molecule has 1 aliphatic rings. The molecule has 0 aliphatic carbocycles. The van der Waals surface area contributed by atoms with E-state index in [0.29, 0.717) is 5.92 Å². The predicted molar refractivity (Wildman–Crippen MR) is 80.1 cm³/mol. The van der Waals surface area contributed by atoms with Crippen molar-refractivity contribution in [2.24, 2.45) is 5.92 Å². The third-order valence-corrected chi connectivity index (χ3v) is 3.16. The largest absolute Gasteiger partial charge is 0.365 e. The Morgan fingerprint density at radius 3 is 2.61 bits per heavy atom. The molecule has 0 fully saturated rings. The van der Waals surface area contributed by atoms with Gasteiger partial charge in [-0.15, -0.1) is 0 Å². The van der Waals surface area contributed by atoms with Crippen LogP contribution >= 0.6 is 0 Å². The van der Waals surface area contributed by atoms with Crippen LogP contribution in [0.15, 0.2) is 43.5 Å². The molecule has 0 aromatic heterocycles. The fraction of sp³-hybridized carbons (Fsp3) is 0.250. The maximum Gasteiger partial charge on any atom is 0.0987 e. The first kappa shape index (κ1) is 12.5. The molecule has 2 rings (SSSR count). The van der Waals surface area contributed by atoms with Crippen molar-refractivity contribution in [2.75, 3.05) is 5.32 Å². The first-order valence-electron chi connectivity index (χ1n) is 6.29. The monoisotopic (exact) mass is 240 g/mol. The number of nitrogens with one attached hydrogen (secondary N) is 2. The van der Waals surface area contributed by atoms with E-state index >= 15 is 0 Å². The van der Waals surface area contributed by atoms with Gasteiger partial charge in [0.05, 0.1) is 6.17 Å². The van der Waals surface area contributed by atoms with Gasteiger partial charge in [-0.2, -0.15) is 0 Å². The lowest BCUT2D eigenvalue weighted by molar-refractivity contribution is 0.486. The Balaban J connectivity index is 2.54. The van der Waals surface area contributed by atoms with Crippen LogP contribution in [0.3, 0.4) is 0 Å². The summed E-state index contributed by atoms with van der Waals surface area (Å²) in [4.78, 5) is 0. The molecule has 18 heavy (non-hydrogen) atoms. The second-order valence-electron chi connectivity index (χ2n) is 4.80. The molecule has 0 saturated carbocycles. The van der Waals surface area contributed by atoms with Gasteiger partial charge < -0.3 is 10.6 Å². The molecule has 0 radical (unpaired) electrons. The molecule has 1 heterocycles. The summed E-state index contributed by atoms with van der Waals surface area (Å²) in [5, 5.41) is 7.04. The van der Waals surface area contributed by atoms with Gasteiger partial charge in [0.15, 0.2) is 0 Å². The van der Waals surface area contributed by atoms with Gasteiger partial charge >= 0.3 is 0 Å². The van der Waals surface area contributed by atoms with Crippen LogP contribution in [0.25, 0.3) is 11.8 Å². The highest BCUT2D eigenvalue weighted by Gasteiger charge is 2.23. The van der Waals surface area contributed by atoms with Crippen LogP contribution in [0, 0.1) is 5.92 Å². The SMILES string of the molecule is C=C/C=C1/NC(C(C)C)Nc2cccc(C=C)c21. The van der Waals surface area contributed by atoms with Crippen LogP contribution in [-0.2, 0) is 0 Å². The zero-order valence-corrected chi connectivity index (χ0v) is 11.0. The lowest BCUT2D eigenvalue weighted by Gasteiger charge is -2.34. The normalized spacial score (nSPS) is 19.9. The number of benzene rings is 1. The van der Waals surface area contributed by atoms with Crippen molar-refractivity contribution in [3.63, 3.8) is 0 Å². The van der Waals surface area contributed by atoms with Gasteiger partial charge in [0.1, 0.15) is 0 Å². The first-order chi connectivity index (χ1) is 8.67. The molecule has 1 unspecified atom stereocenters. The molecule has 1 aliphatic heterocycles. The molecule has 0 bridgehead atoms. The van der Waals surface area contributed by atoms with Gasteiger partial charge in [0.25, 0.3) is 0 Å². The third-order valence-electron chi connectivity index (χ3n) is 3.16. The lowest BCUT2D eigenvalue weighted by Crippen LogP contribution is -2.43. The Bertz CT molecular complexity index is 498. The molecule has 0 spiro atoms. The standard InChI is InChI=1S/C16H20N2/c1-5-8-13-15-12(6-2)9-7-10-14(15)18-16(17-13)11(3)4/h5-11,16-18H,1-2H2,3-4H3/b13-8+. The second kappa shape index (κ2) is 5.13. The van der Waals surface area contributed by atoms with Gasteiger partial charge in [-0.25, -0.2) is 0 Å². The molecular weight excluding hydrogens is 220 g/mol. The molecule has 2 nitrogen and oxygen atoms in total. The van der Waals surface area contributed by atoms with Crippen molar-refractivity contribution in [1.82, 2.24) is 5.32 Å². The summed E-state index contributed by atoms with van der Waals surface area (Å²) in [5.41, 5.74) is 4.55. The number of hydrogen-bond acceptors (Lipinski definition) is 2. The van der Waals surface area contributed by atoms with E-state index in [2.05, 4.69) is 55.8 Å². The first-order valence-corrected chi connectivity index (χ1v) is 6.29. The highest BCUT2D eigenvalue weighted by Crippen LogP contribution is 2.32. The van der Waals surface area contributed by atoms with Crippen LogP contribution in [0.1, 0.15) is 25.0 Å². The smallest absolute Gasteiger partial charge is 0.0987 e. The topological polar surface area (TPSA) is 24.1 Å². The van der Waals surface area contributed by atoms with Crippen molar-refractivity contribution in [3.8, 4) is 0 Å². The van der Waals surface area contributed by atoms with Gasteiger partial charge in [-0.3, -0.25) is 0 Å². The summed E-state index contributed by atoms with van der Waals surface area (Å²) in [6.45, 7) is 12.1. The summed E-state index contributed by atoms with van der Waals surface area (Å²) < 4.78 is 0. The molecule has 0 saturated heterocycles. The molecule has 2 N–H and O–H groups in total. The van der Waals surface area contributed by atoms with Crippen LogP contribution in [0.5, 0.6) is 0 Å². The molecule has 0 amide bonds. The van der Waals surface area contributed by atoms with Crippen molar-refractivity contribution in [3.05, 3.63) is 54.6 Å². The minimum Gasteiger partial charge on any atom is -0.365 e. The Hall–Kier alpha value is -1.96. The zero-order chi connectivity index (χ0) is 13.1. The molecule has 1 atom stereocenters. The van der Waals surface area contributed by atoms with E-state index in [-0.39, 0.29) is 6.17 Å². The minimum absolute atomic E-state index is 0.240. The van der Waals surface area contributed by atoms with Crippen LogP contribution in [0.2, 0.25) is 0 Å². The third kappa shape index (κ3) is 2.19. The highest BCUT2D eigenvalue weighted by molar-refractivity contribution is 5.84. The van der Waals surface area contributed by atoms with E-state index < -0.39 is 0 Å². The Kier molecular flexibility index (Phi) is 3.56. The van der Waals surface area contributed by atoms with Crippen molar-refractivity contribution < 1.29 is 0 Å². The predicted octanol–water partition coefficient (Wildman–Crippen LogP) is 3.85. The van der Waals surface area contributed by atoms with Crippen LogP contribution in [-0.4, -0.2) is 6.17 Å². The zero-order valence-electron chi connectivity index (χ0n) is 11.0. The summed E-state index contributed by atoms with van der Waals surface area (Å²) in [6, 6.07) is 6.23. The van der Waals surface area contributed by atoms with E-state index in [0.717, 1.165) is 16.9 Å². The Morgan fingerprint density at radius 2 is 2.00 bits per heavy atom. The molecule has 2 heteroatoms. The second-order valence-corrected chi connectivity index (χ2v) is 4.80. The van der Waals surface area contributed by atoms with Gasteiger partial charge in [-0.1, -0.05) is 51.3 Å². The van der Waals surface area contributed by atoms with Crippen molar-refractivity contribution in [1.29, 1.82) is 0 Å². The number of hydrogen-bond donors (Lipinski definition) is 2. The van der Waals surface area contributed by atoms with Crippen molar-refractivity contribution >= 4 is 17.5 Å². The summed E-state index contributed by atoms with van der Waals surface area (Å²) in [6.07, 6.45) is 5.95. The van der Waals surface area contributed by atoms with E-state index in [1.165, 1.54) is 5.56 Å². The quantitative estimate of drug-likeness (QED) is 0.838. The number of fused-ring (bicyclic) bond motifs is 1. The highest BCUT2D eigenvalue weighted by atomic mass is 15.2. The lowest BCUT2D eigenvalue weighted by atomic mass is 9.97. The van der Waals surface area contributed by atoms with Crippen LogP contribution < -0.4 is 10.6 Å². The summed E-state index contributed by atoms with van der Waals surface area (Å²) >= 11 is 0. The summed E-state index contributed by atoms with van der Waals surface area (Å²) in [7, 11) is 0. The average molecular weight is 240 g/mol. The number of anilines is 1. The maximum absolute atomic E-state index is 3.88. The van der Waals surface area contributed by atoms with Gasteiger partial charge in [0.2, 0.25) is 0 Å². The summed E-state index contributed by atoms with van der Waals surface area (Å²) in [5.74, 6) is 0.499. The fourth-order valence-corrected chi connectivity index (χ4v) is 2.19. The Labute approximate surface area is 109 Å². The Morgan fingerprint density at radius 1 is 1.22 bits per heavy atom. The maximum atomic E-state index is 3.88. The molecule has 1 aromatic rings. The van der Waals surface area contributed by atoms with Gasteiger partial charge in [0, 0.05) is 16.9 Å². The molecule has 94 valence electrons. The van der Waals surface area contributed by atoms with Gasteiger partial charge in [-0.05, 0) is 23.6 Å². The molecule has 1 aromatic carbocycles. The number of rotatable bonds is 3. The van der Waals surface area contributed by atoms with E-state index in [1.807, 2.05) is 18.2 Å². The van der Waals surface area contributed by atoms with Crippen LogP contribution in [0.4, 0.5) is 5.69 Å². The number of allylic oxidation sites excluding steroid dienone is 2. The minimum atomic E-state index is 0.240. The molecular formula is C16H20N2. The average Bonchev–Trinajstić information content (AvgIpc) is 2.37. The van der Waals surface area contributed by atoms with Crippen molar-refractivity contribution in [2.45, 2.75) is 20.0 Å².